The summed E-state index contributed by atoms with van der Waals surface area (Å²) in [6, 6.07) is 17.7. The molecule has 1 N–H and O–H groups in total. The topological polar surface area (TPSA) is 38.3 Å². The molecule has 116 valence electrons. The first kappa shape index (κ1) is 16.4. The first-order valence-electron chi connectivity index (χ1n) is 7.26. The minimum Gasteiger partial charge on any atom is -0.497 e. The van der Waals surface area contributed by atoms with Gasteiger partial charge in [-0.2, -0.15) is 0 Å². The summed E-state index contributed by atoms with van der Waals surface area (Å²) in [5.41, 5.74) is 1.11. The van der Waals surface area contributed by atoms with E-state index >= 15 is 0 Å². The summed E-state index contributed by atoms with van der Waals surface area (Å²) in [5, 5.41) is 2.90. The number of nitrogens with one attached hydrogen (secondary N) is 1. The molecule has 0 aromatic heterocycles. The first-order valence-corrected chi connectivity index (χ1v) is 8.14. The number of rotatable bonds is 6. The monoisotopic (exact) mass is 315 g/mol. The van der Waals surface area contributed by atoms with E-state index in [1.807, 2.05) is 68.4 Å². The Morgan fingerprint density at radius 1 is 1.05 bits per heavy atom. The number of amides is 1. The van der Waals surface area contributed by atoms with Crippen LogP contribution in [0.25, 0.3) is 0 Å². The standard InChI is InChI=1S/C18H21NO2S/c1-13(15-7-5-4-6-8-15)19-18(20)14(2)22-17-11-9-16(21-3)10-12-17/h4-14H,1-3H3,(H,19,20)/t13-,14+/m1/s1. The molecule has 2 atom stereocenters. The highest BCUT2D eigenvalue weighted by atomic mass is 32.2. The number of hydrogen-bond acceptors (Lipinski definition) is 3. The van der Waals surface area contributed by atoms with Crippen LogP contribution >= 0.6 is 11.8 Å². The maximum Gasteiger partial charge on any atom is 0.233 e. The van der Waals surface area contributed by atoms with Crippen molar-refractivity contribution in [2.75, 3.05) is 7.11 Å². The molecule has 2 aromatic carbocycles. The van der Waals surface area contributed by atoms with Crippen LogP contribution in [0.4, 0.5) is 0 Å². The van der Waals surface area contributed by atoms with E-state index in [0.717, 1.165) is 16.2 Å². The van der Waals surface area contributed by atoms with Gasteiger partial charge >= 0.3 is 0 Å². The summed E-state index contributed by atoms with van der Waals surface area (Å²) >= 11 is 1.54. The van der Waals surface area contributed by atoms with Gasteiger partial charge in [-0.15, -0.1) is 11.8 Å². The number of carbonyl (C=O) groups excluding carboxylic acids is 1. The molecule has 0 spiro atoms. The van der Waals surface area contributed by atoms with Gasteiger partial charge in [0.25, 0.3) is 0 Å². The van der Waals surface area contributed by atoms with Gasteiger partial charge < -0.3 is 10.1 Å². The summed E-state index contributed by atoms with van der Waals surface area (Å²) in [5.74, 6) is 0.858. The Kier molecular flexibility index (Phi) is 5.90. The lowest BCUT2D eigenvalue weighted by molar-refractivity contribution is -0.120. The fraction of sp³-hybridized carbons (Fsp3) is 0.278. The molecule has 0 saturated carbocycles. The molecule has 0 fully saturated rings. The first-order chi connectivity index (χ1) is 10.6. The summed E-state index contributed by atoms with van der Waals surface area (Å²) in [7, 11) is 1.64. The highest BCUT2D eigenvalue weighted by Crippen LogP contribution is 2.26. The Hall–Kier alpha value is -1.94. The van der Waals surface area contributed by atoms with E-state index in [-0.39, 0.29) is 17.2 Å². The fourth-order valence-corrected chi connectivity index (χ4v) is 2.94. The number of hydrogen-bond donors (Lipinski definition) is 1. The van der Waals surface area contributed by atoms with Crippen molar-refractivity contribution in [2.45, 2.75) is 30.0 Å². The molecule has 0 unspecified atom stereocenters. The Morgan fingerprint density at radius 3 is 2.27 bits per heavy atom. The van der Waals surface area contributed by atoms with E-state index in [1.54, 1.807) is 18.9 Å². The van der Waals surface area contributed by atoms with Crippen LogP contribution in [0.2, 0.25) is 0 Å². The number of ether oxygens (including phenoxy) is 1. The van der Waals surface area contributed by atoms with Gasteiger partial charge in [-0.3, -0.25) is 4.79 Å². The molecule has 0 radical (unpaired) electrons. The van der Waals surface area contributed by atoms with Crippen molar-refractivity contribution >= 4 is 17.7 Å². The van der Waals surface area contributed by atoms with Gasteiger partial charge in [-0.25, -0.2) is 0 Å². The van der Waals surface area contributed by atoms with E-state index in [1.165, 1.54) is 0 Å². The van der Waals surface area contributed by atoms with E-state index < -0.39 is 0 Å². The van der Waals surface area contributed by atoms with Crippen molar-refractivity contribution in [3.8, 4) is 5.75 Å². The molecule has 0 bridgehead atoms. The van der Waals surface area contributed by atoms with Crippen LogP contribution in [-0.2, 0) is 4.79 Å². The fourth-order valence-electron chi connectivity index (χ4n) is 2.07. The second-order valence-electron chi connectivity index (χ2n) is 5.08. The van der Waals surface area contributed by atoms with Crippen LogP contribution in [0, 0.1) is 0 Å². The highest BCUT2D eigenvalue weighted by molar-refractivity contribution is 8.00. The number of methoxy groups -OCH3 is 1. The maximum absolute atomic E-state index is 12.3. The zero-order chi connectivity index (χ0) is 15.9. The number of carbonyl (C=O) groups is 1. The summed E-state index contributed by atoms with van der Waals surface area (Å²) in [4.78, 5) is 13.3. The second-order valence-corrected chi connectivity index (χ2v) is 6.49. The van der Waals surface area contributed by atoms with Gasteiger partial charge in [-0.1, -0.05) is 30.3 Å². The Labute approximate surface area is 136 Å². The summed E-state index contributed by atoms with van der Waals surface area (Å²) in [6.45, 7) is 3.92. The highest BCUT2D eigenvalue weighted by Gasteiger charge is 2.17. The van der Waals surface area contributed by atoms with Crippen molar-refractivity contribution < 1.29 is 9.53 Å². The van der Waals surface area contributed by atoms with Crippen molar-refractivity contribution in [3.63, 3.8) is 0 Å². The van der Waals surface area contributed by atoms with E-state index in [4.69, 9.17) is 4.74 Å². The Balaban J connectivity index is 1.91. The zero-order valence-electron chi connectivity index (χ0n) is 13.1. The zero-order valence-corrected chi connectivity index (χ0v) is 13.9. The Bertz CT molecular complexity index is 598. The van der Waals surface area contributed by atoms with E-state index in [0.29, 0.717) is 0 Å². The van der Waals surface area contributed by atoms with Crippen molar-refractivity contribution in [1.29, 1.82) is 0 Å². The van der Waals surface area contributed by atoms with Gasteiger partial charge in [0, 0.05) is 4.90 Å². The average molecular weight is 315 g/mol. The summed E-state index contributed by atoms with van der Waals surface area (Å²) in [6.07, 6.45) is 0. The van der Waals surface area contributed by atoms with Gasteiger partial charge in [0.1, 0.15) is 5.75 Å². The lowest BCUT2D eigenvalue weighted by Gasteiger charge is -2.17. The van der Waals surface area contributed by atoms with Crippen LogP contribution in [0.5, 0.6) is 5.75 Å². The van der Waals surface area contributed by atoms with Crippen molar-refractivity contribution in [1.82, 2.24) is 5.32 Å². The quantitative estimate of drug-likeness (QED) is 0.817. The van der Waals surface area contributed by atoms with Crippen LogP contribution < -0.4 is 10.1 Å². The minimum atomic E-state index is -0.153. The van der Waals surface area contributed by atoms with Gasteiger partial charge in [0.05, 0.1) is 18.4 Å². The molecular formula is C18H21NO2S. The SMILES string of the molecule is COc1ccc(S[C@@H](C)C(=O)N[C@H](C)c2ccccc2)cc1. The predicted octanol–water partition coefficient (Wildman–Crippen LogP) is 4.05. The van der Waals surface area contributed by atoms with Crippen LogP contribution in [0.3, 0.4) is 0 Å². The molecule has 2 aromatic rings. The molecule has 0 saturated heterocycles. The summed E-state index contributed by atoms with van der Waals surface area (Å²) < 4.78 is 5.13. The molecular weight excluding hydrogens is 294 g/mol. The molecule has 0 aliphatic rings. The third-order valence-corrected chi connectivity index (χ3v) is 4.51. The maximum atomic E-state index is 12.3. The molecule has 0 aliphatic carbocycles. The lowest BCUT2D eigenvalue weighted by Crippen LogP contribution is -2.33. The predicted molar refractivity (Wildman–Crippen MR) is 91.3 cm³/mol. The Morgan fingerprint density at radius 2 is 1.68 bits per heavy atom. The largest absolute Gasteiger partial charge is 0.497 e. The molecule has 3 nitrogen and oxygen atoms in total. The van der Waals surface area contributed by atoms with Crippen molar-refractivity contribution in [2.24, 2.45) is 0 Å². The molecule has 2 rings (SSSR count). The van der Waals surface area contributed by atoms with E-state index in [9.17, 15) is 4.79 Å². The second kappa shape index (κ2) is 7.90. The average Bonchev–Trinajstić information content (AvgIpc) is 2.56. The third kappa shape index (κ3) is 4.53. The van der Waals surface area contributed by atoms with Gasteiger partial charge in [0.15, 0.2) is 0 Å². The van der Waals surface area contributed by atoms with Crippen LogP contribution in [0.15, 0.2) is 59.5 Å². The molecule has 1 amide bonds. The normalized spacial score (nSPS) is 13.2. The van der Waals surface area contributed by atoms with Gasteiger partial charge in [-0.05, 0) is 43.7 Å². The number of benzene rings is 2. The molecule has 22 heavy (non-hydrogen) atoms. The van der Waals surface area contributed by atoms with Crippen LogP contribution in [0.1, 0.15) is 25.5 Å². The van der Waals surface area contributed by atoms with Gasteiger partial charge in [0.2, 0.25) is 5.91 Å². The molecule has 0 heterocycles. The van der Waals surface area contributed by atoms with Crippen LogP contribution in [-0.4, -0.2) is 18.3 Å². The number of thioether (sulfide) groups is 1. The third-order valence-electron chi connectivity index (χ3n) is 3.40. The smallest absolute Gasteiger partial charge is 0.233 e. The minimum absolute atomic E-state index is 0.00705. The molecule has 4 heteroatoms. The van der Waals surface area contributed by atoms with E-state index in [2.05, 4.69) is 5.32 Å². The molecule has 0 aliphatic heterocycles. The lowest BCUT2D eigenvalue weighted by atomic mass is 10.1. The van der Waals surface area contributed by atoms with Crippen molar-refractivity contribution in [3.05, 3.63) is 60.2 Å².